The Morgan fingerprint density at radius 2 is 1.92 bits per heavy atom. The van der Waals surface area contributed by atoms with Crippen LogP contribution in [0, 0.1) is 13.8 Å². The average molecular weight is 342 g/mol. The summed E-state index contributed by atoms with van der Waals surface area (Å²) in [6, 6.07) is 7.30. The molecule has 0 aliphatic carbocycles. The van der Waals surface area contributed by atoms with Crippen molar-refractivity contribution in [2.45, 2.75) is 27.4 Å². The van der Waals surface area contributed by atoms with Crippen molar-refractivity contribution in [1.29, 1.82) is 0 Å². The first kappa shape index (κ1) is 16.8. The number of aromatic nitrogens is 2. The van der Waals surface area contributed by atoms with Gasteiger partial charge >= 0.3 is 11.9 Å². The maximum Gasteiger partial charge on any atom is 0.355 e. The zero-order valence-electron chi connectivity index (χ0n) is 14.2. The largest absolute Gasteiger partial charge is 0.461 e. The molecule has 0 saturated carbocycles. The van der Waals surface area contributed by atoms with Gasteiger partial charge in [-0.25, -0.2) is 14.6 Å². The van der Waals surface area contributed by atoms with E-state index >= 15 is 0 Å². The summed E-state index contributed by atoms with van der Waals surface area (Å²) in [5, 5.41) is 0. The normalized spacial score (nSPS) is 10.8. The molecular formula is C18H18N2O5. The fraction of sp³-hybridized carbons (Fsp3) is 0.278. The standard InChI is InChI=1S/C18H18N2O5/c1-4-23-18(22)16-10(2)15(11(3)19-16)17(21)24-9-14-20-12-7-5-6-8-13(12)25-14/h5-8,19H,4,9H2,1-3H3. The summed E-state index contributed by atoms with van der Waals surface area (Å²) in [7, 11) is 0. The second-order valence-corrected chi connectivity index (χ2v) is 5.50. The predicted molar refractivity (Wildman–Crippen MR) is 89.4 cm³/mol. The van der Waals surface area contributed by atoms with Gasteiger partial charge in [-0.05, 0) is 38.5 Å². The summed E-state index contributed by atoms with van der Waals surface area (Å²) >= 11 is 0. The lowest BCUT2D eigenvalue weighted by molar-refractivity contribution is 0.0439. The van der Waals surface area contributed by atoms with E-state index in [9.17, 15) is 9.59 Å². The summed E-state index contributed by atoms with van der Waals surface area (Å²) in [6.45, 7) is 5.26. The highest BCUT2D eigenvalue weighted by molar-refractivity contribution is 5.98. The van der Waals surface area contributed by atoms with Gasteiger partial charge in [0.1, 0.15) is 11.2 Å². The van der Waals surface area contributed by atoms with E-state index < -0.39 is 11.9 Å². The number of ether oxygens (including phenoxy) is 2. The molecule has 2 aromatic heterocycles. The highest BCUT2D eigenvalue weighted by Gasteiger charge is 2.24. The number of benzene rings is 1. The Hall–Kier alpha value is -3.09. The van der Waals surface area contributed by atoms with Gasteiger partial charge < -0.3 is 18.9 Å². The second-order valence-electron chi connectivity index (χ2n) is 5.50. The lowest BCUT2D eigenvalue weighted by atomic mass is 10.1. The van der Waals surface area contributed by atoms with Gasteiger partial charge in [-0.3, -0.25) is 0 Å². The number of oxazole rings is 1. The van der Waals surface area contributed by atoms with Gasteiger partial charge in [-0.15, -0.1) is 0 Å². The Morgan fingerprint density at radius 3 is 2.64 bits per heavy atom. The Morgan fingerprint density at radius 1 is 1.16 bits per heavy atom. The van der Waals surface area contributed by atoms with Crippen LogP contribution in [0.5, 0.6) is 0 Å². The van der Waals surface area contributed by atoms with Crippen LogP contribution in [0.25, 0.3) is 11.1 Å². The summed E-state index contributed by atoms with van der Waals surface area (Å²) in [4.78, 5) is 31.4. The number of carbonyl (C=O) groups is 2. The van der Waals surface area contributed by atoms with Gasteiger partial charge in [-0.1, -0.05) is 12.1 Å². The predicted octanol–water partition coefficient (Wildman–Crippen LogP) is 3.31. The maximum atomic E-state index is 12.4. The van der Waals surface area contributed by atoms with Crippen molar-refractivity contribution in [3.8, 4) is 0 Å². The smallest absolute Gasteiger partial charge is 0.355 e. The molecule has 0 aliphatic rings. The highest BCUT2D eigenvalue weighted by atomic mass is 16.5. The van der Waals surface area contributed by atoms with E-state index in [-0.39, 0.29) is 18.9 Å². The Kier molecular flexibility index (Phi) is 4.56. The number of H-pyrrole nitrogens is 1. The quantitative estimate of drug-likeness (QED) is 0.715. The van der Waals surface area contributed by atoms with Crippen LogP contribution in [0.3, 0.4) is 0 Å². The zero-order valence-corrected chi connectivity index (χ0v) is 14.2. The number of hydrogen-bond donors (Lipinski definition) is 1. The molecule has 1 aromatic carbocycles. The molecule has 0 radical (unpaired) electrons. The number of aromatic amines is 1. The van der Waals surface area contributed by atoms with Crippen LogP contribution in [0.4, 0.5) is 0 Å². The van der Waals surface area contributed by atoms with E-state index in [1.54, 1.807) is 26.8 Å². The molecule has 0 unspecified atom stereocenters. The molecule has 0 aliphatic heterocycles. The minimum atomic E-state index is -0.552. The monoisotopic (exact) mass is 342 g/mol. The molecule has 7 heteroatoms. The van der Waals surface area contributed by atoms with Crippen molar-refractivity contribution in [3.05, 3.63) is 52.7 Å². The van der Waals surface area contributed by atoms with Crippen LogP contribution >= 0.6 is 0 Å². The van der Waals surface area contributed by atoms with E-state index in [1.165, 1.54) is 0 Å². The third kappa shape index (κ3) is 3.26. The Balaban J connectivity index is 1.76. The van der Waals surface area contributed by atoms with Crippen molar-refractivity contribution >= 4 is 23.0 Å². The molecule has 0 fully saturated rings. The number of esters is 2. The molecule has 1 N–H and O–H groups in total. The molecule has 3 aromatic rings. The Bertz CT molecular complexity index is 905. The summed E-state index contributed by atoms with van der Waals surface area (Å²) in [6.07, 6.45) is 0. The molecule has 0 amide bonds. The second kappa shape index (κ2) is 6.80. The van der Waals surface area contributed by atoms with Crippen LogP contribution in [0.1, 0.15) is 44.9 Å². The molecular weight excluding hydrogens is 324 g/mol. The number of aryl methyl sites for hydroxylation is 1. The van der Waals surface area contributed by atoms with Crippen LogP contribution in [-0.4, -0.2) is 28.5 Å². The first-order valence-electron chi connectivity index (χ1n) is 7.89. The molecule has 0 saturated heterocycles. The van der Waals surface area contributed by atoms with Crippen LogP contribution < -0.4 is 0 Å². The third-order valence-corrected chi connectivity index (χ3v) is 3.79. The number of nitrogens with zero attached hydrogens (tertiary/aromatic N) is 1. The summed E-state index contributed by atoms with van der Waals surface area (Å²) in [5.74, 6) is -0.740. The first-order chi connectivity index (χ1) is 12.0. The number of fused-ring (bicyclic) bond motifs is 1. The molecule has 130 valence electrons. The number of rotatable bonds is 5. The van der Waals surface area contributed by atoms with Gasteiger partial charge in [0.25, 0.3) is 0 Å². The van der Waals surface area contributed by atoms with Crippen LogP contribution in [-0.2, 0) is 16.1 Å². The van der Waals surface area contributed by atoms with Gasteiger partial charge in [0, 0.05) is 5.69 Å². The van der Waals surface area contributed by atoms with Gasteiger partial charge in [0.2, 0.25) is 5.89 Å². The minimum Gasteiger partial charge on any atom is -0.461 e. The molecule has 7 nitrogen and oxygen atoms in total. The number of carbonyl (C=O) groups excluding carboxylic acids is 2. The molecule has 3 rings (SSSR count). The third-order valence-electron chi connectivity index (χ3n) is 3.79. The van der Waals surface area contributed by atoms with Crippen molar-refractivity contribution in [3.63, 3.8) is 0 Å². The summed E-state index contributed by atoms with van der Waals surface area (Å²) in [5.41, 5.74) is 2.95. The van der Waals surface area contributed by atoms with E-state index in [1.807, 2.05) is 18.2 Å². The molecule has 0 atom stereocenters. The van der Waals surface area contributed by atoms with Crippen LogP contribution in [0.15, 0.2) is 28.7 Å². The fourth-order valence-corrected chi connectivity index (χ4v) is 2.64. The zero-order chi connectivity index (χ0) is 18.0. The van der Waals surface area contributed by atoms with Gasteiger partial charge in [-0.2, -0.15) is 0 Å². The highest BCUT2D eigenvalue weighted by Crippen LogP contribution is 2.21. The first-order valence-corrected chi connectivity index (χ1v) is 7.89. The molecule has 25 heavy (non-hydrogen) atoms. The van der Waals surface area contributed by atoms with Gasteiger partial charge in [0.05, 0.1) is 12.2 Å². The average Bonchev–Trinajstić information content (AvgIpc) is 3.13. The molecule has 0 spiro atoms. The SMILES string of the molecule is CCOC(=O)c1[nH]c(C)c(C(=O)OCc2nc3ccccc3o2)c1C. The lowest BCUT2D eigenvalue weighted by Gasteiger charge is -2.03. The number of hydrogen-bond acceptors (Lipinski definition) is 6. The van der Waals surface area contributed by atoms with Crippen molar-refractivity contribution in [2.75, 3.05) is 6.61 Å². The Labute approximate surface area is 143 Å². The van der Waals surface area contributed by atoms with E-state index in [0.717, 1.165) is 0 Å². The number of para-hydroxylation sites is 2. The lowest BCUT2D eigenvalue weighted by Crippen LogP contribution is -2.09. The number of nitrogens with one attached hydrogen (secondary N) is 1. The molecule has 2 heterocycles. The van der Waals surface area contributed by atoms with E-state index in [0.29, 0.717) is 33.8 Å². The van der Waals surface area contributed by atoms with E-state index in [2.05, 4.69) is 9.97 Å². The van der Waals surface area contributed by atoms with E-state index in [4.69, 9.17) is 13.9 Å². The van der Waals surface area contributed by atoms with Crippen LogP contribution in [0.2, 0.25) is 0 Å². The fourth-order valence-electron chi connectivity index (χ4n) is 2.64. The summed E-state index contributed by atoms with van der Waals surface area (Å²) < 4.78 is 15.8. The van der Waals surface area contributed by atoms with Gasteiger partial charge in [0.15, 0.2) is 12.2 Å². The van der Waals surface area contributed by atoms with Crippen molar-refractivity contribution < 1.29 is 23.5 Å². The van der Waals surface area contributed by atoms with Crippen molar-refractivity contribution in [1.82, 2.24) is 9.97 Å². The minimum absolute atomic E-state index is 0.0910. The van der Waals surface area contributed by atoms with Crippen molar-refractivity contribution in [2.24, 2.45) is 0 Å². The topological polar surface area (TPSA) is 94.4 Å². The molecule has 0 bridgehead atoms. The maximum absolute atomic E-state index is 12.4.